The molecule has 0 radical (unpaired) electrons. The molecular formula is C15H15N3O2S. The minimum absolute atomic E-state index is 0.277. The normalized spacial score (nSPS) is 11.9. The third-order valence-electron chi connectivity index (χ3n) is 3.39. The second-order valence-corrected chi connectivity index (χ2v) is 7.13. The van der Waals surface area contributed by atoms with E-state index in [1.54, 1.807) is 18.2 Å². The molecule has 0 aliphatic carbocycles. The zero-order valence-electron chi connectivity index (χ0n) is 11.7. The first-order chi connectivity index (χ1) is 9.84. The van der Waals surface area contributed by atoms with Gasteiger partial charge in [0, 0.05) is 17.5 Å². The van der Waals surface area contributed by atoms with Gasteiger partial charge in [0.2, 0.25) is 0 Å². The van der Waals surface area contributed by atoms with Gasteiger partial charge < -0.3 is 10.7 Å². The predicted octanol–water partition coefficient (Wildman–Crippen LogP) is 2.52. The third kappa shape index (κ3) is 2.50. The van der Waals surface area contributed by atoms with Gasteiger partial charge in [0.25, 0.3) is 0 Å². The number of hydrogen-bond acceptors (Lipinski definition) is 4. The molecule has 0 aliphatic heterocycles. The van der Waals surface area contributed by atoms with E-state index in [0.29, 0.717) is 17.0 Å². The maximum Gasteiger partial charge on any atom is 0.175 e. The molecule has 0 bridgehead atoms. The lowest BCUT2D eigenvalue weighted by molar-refractivity contribution is 0.602. The van der Waals surface area contributed by atoms with E-state index < -0.39 is 9.84 Å². The number of anilines is 1. The first-order valence-electron chi connectivity index (χ1n) is 6.41. The lowest BCUT2D eigenvalue weighted by Gasteiger charge is -2.03. The molecule has 2 aromatic carbocycles. The van der Waals surface area contributed by atoms with E-state index in [4.69, 9.17) is 5.73 Å². The number of fused-ring (bicyclic) bond motifs is 1. The summed E-state index contributed by atoms with van der Waals surface area (Å²) in [6.45, 7) is 1.96. The summed E-state index contributed by atoms with van der Waals surface area (Å²) in [5.41, 5.74) is 9.84. The lowest BCUT2D eigenvalue weighted by atomic mass is 10.1. The second-order valence-electron chi connectivity index (χ2n) is 5.11. The van der Waals surface area contributed by atoms with E-state index in [2.05, 4.69) is 9.97 Å². The molecule has 0 amide bonds. The standard InChI is InChI=1S/C15H15N3O2S/c1-9-7-10(16)3-5-12(9)15-17-13-6-4-11(21(2,19)20)8-14(13)18-15/h3-8H,16H2,1-2H3,(H,17,18). The fraction of sp³-hybridized carbons (Fsp3) is 0.133. The molecule has 0 spiro atoms. The largest absolute Gasteiger partial charge is 0.399 e. The van der Waals surface area contributed by atoms with Crippen LogP contribution >= 0.6 is 0 Å². The number of nitrogen functional groups attached to an aromatic ring is 1. The molecule has 21 heavy (non-hydrogen) atoms. The summed E-state index contributed by atoms with van der Waals surface area (Å²) < 4.78 is 23.2. The van der Waals surface area contributed by atoms with Gasteiger partial charge in [-0.3, -0.25) is 0 Å². The first kappa shape index (κ1) is 13.6. The summed E-state index contributed by atoms with van der Waals surface area (Å²) in [5.74, 6) is 0.702. The average molecular weight is 301 g/mol. The van der Waals surface area contributed by atoms with Gasteiger partial charge in [-0.2, -0.15) is 0 Å². The summed E-state index contributed by atoms with van der Waals surface area (Å²) in [6.07, 6.45) is 1.19. The molecule has 0 unspecified atom stereocenters. The molecule has 3 aromatic rings. The number of hydrogen-bond donors (Lipinski definition) is 2. The van der Waals surface area contributed by atoms with Gasteiger partial charge in [0.05, 0.1) is 15.9 Å². The zero-order chi connectivity index (χ0) is 15.2. The molecule has 0 atom stereocenters. The predicted molar refractivity (Wildman–Crippen MR) is 83.8 cm³/mol. The first-order valence-corrected chi connectivity index (χ1v) is 8.30. The molecule has 3 rings (SSSR count). The van der Waals surface area contributed by atoms with Crippen molar-refractivity contribution in [3.8, 4) is 11.4 Å². The van der Waals surface area contributed by atoms with Gasteiger partial charge in [-0.15, -0.1) is 0 Å². The van der Waals surface area contributed by atoms with Crippen molar-refractivity contribution in [1.29, 1.82) is 0 Å². The zero-order valence-corrected chi connectivity index (χ0v) is 12.5. The van der Waals surface area contributed by atoms with Crippen LogP contribution in [-0.4, -0.2) is 24.6 Å². The van der Waals surface area contributed by atoms with Crippen molar-refractivity contribution in [1.82, 2.24) is 9.97 Å². The summed E-state index contributed by atoms with van der Waals surface area (Å²) in [4.78, 5) is 7.95. The number of rotatable bonds is 2. The molecule has 6 heteroatoms. The summed E-state index contributed by atoms with van der Waals surface area (Å²) in [5, 5.41) is 0. The minimum Gasteiger partial charge on any atom is -0.399 e. The molecule has 0 saturated heterocycles. The molecule has 0 aliphatic rings. The summed E-state index contributed by atoms with van der Waals surface area (Å²) >= 11 is 0. The van der Waals surface area contributed by atoms with E-state index in [-0.39, 0.29) is 4.90 Å². The van der Waals surface area contributed by atoms with Crippen LogP contribution < -0.4 is 5.73 Å². The van der Waals surface area contributed by atoms with Crippen molar-refractivity contribution in [3.05, 3.63) is 42.0 Å². The van der Waals surface area contributed by atoms with Gasteiger partial charge >= 0.3 is 0 Å². The number of aromatic nitrogens is 2. The molecule has 1 heterocycles. The molecule has 3 N–H and O–H groups in total. The topological polar surface area (TPSA) is 88.8 Å². The van der Waals surface area contributed by atoms with Gasteiger partial charge in [0.15, 0.2) is 9.84 Å². The van der Waals surface area contributed by atoms with Crippen molar-refractivity contribution < 1.29 is 8.42 Å². The number of nitrogens with two attached hydrogens (primary N) is 1. The Kier molecular flexibility index (Phi) is 2.98. The van der Waals surface area contributed by atoms with Crippen LogP contribution in [0.1, 0.15) is 5.56 Å². The Morgan fingerprint density at radius 3 is 2.57 bits per heavy atom. The third-order valence-corrected chi connectivity index (χ3v) is 4.50. The number of H-pyrrole nitrogens is 1. The molecule has 0 saturated carbocycles. The van der Waals surface area contributed by atoms with Gasteiger partial charge in [0.1, 0.15) is 5.82 Å². The van der Waals surface area contributed by atoms with Crippen molar-refractivity contribution >= 4 is 26.6 Å². The molecule has 5 nitrogen and oxygen atoms in total. The second kappa shape index (κ2) is 4.60. The van der Waals surface area contributed by atoms with Crippen LogP contribution in [0.5, 0.6) is 0 Å². The Morgan fingerprint density at radius 2 is 1.90 bits per heavy atom. The van der Waals surface area contributed by atoms with Crippen LogP contribution in [0.25, 0.3) is 22.4 Å². The SMILES string of the molecule is Cc1cc(N)ccc1-c1nc2ccc(S(C)(=O)=O)cc2[nH]1. The summed E-state index contributed by atoms with van der Waals surface area (Å²) in [7, 11) is -3.23. The van der Waals surface area contributed by atoms with E-state index in [1.807, 2.05) is 25.1 Å². The van der Waals surface area contributed by atoms with Gasteiger partial charge in [-0.05, 0) is 48.9 Å². The van der Waals surface area contributed by atoms with Crippen LogP contribution in [0.15, 0.2) is 41.3 Å². The fourth-order valence-corrected chi connectivity index (χ4v) is 2.95. The fourth-order valence-electron chi connectivity index (χ4n) is 2.30. The molecule has 108 valence electrons. The molecular weight excluding hydrogens is 286 g/mol. The lowest BCUT2D eigenvalue weighted by Crippen LogP contribution is -1.96. The number of benzene rings is 2. The Balaban J connectivity index is 2.17. The Morgan fingerprint density at radius 1 is 1.14 bits per heavy atom. The number of imidazole rings is 1. The Hall–Kier alpha value is -2.34. The van der Waals surface area contributed by atoms with Gasteiger partial charge in [-0.1, -0.05) is 0 Å². The highest BCUT2D eigenvalue weighted by molar-refractivity contribution is 7.90. The number of aryl methyl sites for hydroxylation is 1. The van der Waals surface area contributed by atoms with Crippen molar-refractivity contribution in [2.45, 2.75) is 11.8 Å². The smallest absolute Gasteiger partial charge is 0.175 e. The van der Waals surface area contributed by atoms with Crippen molar-refractivity contribution in [2.24, 2.45) is 0 Å². The average Bonchev–Trinajstić information content (AvgIpc) is 2.79. The molecule has 1 aromatic heterocycles. The Labute approximate surface area is 122 Å². The van der Waals surface area contributed by atoms with E-state index in [0.717, 1.165) is 16.6 Å². The Bertz CT molecular complexity index is 943. The number of sulfone groups is 1. The van der Waals surface area contributed by atoms with Crippen LogP contribution in [0.4, 0.5) is 5.69 Å². The van der Waals surface area contributed by atoms with Crippen LogP contribution in [-0.2, 0) is 9.84 Å². The highest BCUT2D eigenvalue weighted by atomic mass is 32.2. The highest BCUT2D eigenvalue weighted by Crippen LogP contribution is 2.26. The van der Waals surface area contributed by atoms with Crippen molar-refractivity contribution in [2.75, 3.05) is 12.0 Å². The maximum atomic E-state index is 11.6. The molecule has 0 fully saturated rings. The number of aromatic amines is 1. The number of nitrogens with zero attached hydrogens (tertiary/aromatic N) is 1. The van der Waals surface area contributed by atoms with Crippen molar-refractivity contribution in [3.63, 3.8) is 0 Å². The number of nitrogens with one attached hydrogen (secondary N) is 1. The minimum atomic E-state index is -3.23. The van der Waals surface area contributed by atoms with E-state index >= 15 is 0 Å². The van der Waals surface area contributed by atoms with Crippen LogP contribution in [0.3, 0.4) is 0 Å². The maximum absolute atomic E-state index is 11.6. The van der Waals surface area contributed by atoms with E-state index in [9.17, 15) is 8.42 Å². The van der Waals surface area contributed by atoms with E-state index in [1.165, 1.54) is 6.26 Å². The summed E-state index contributed by atoms with van der Waals surface area (Å²) in [6, 6.07) is 10.5. The monoisotopic (exact) mass is 301 g/mol. The van der Waals surface area contributed by atoms with Crippen LogP contribution in [0, 0.1) is 6.92 Å². The van der Waals surface area contributed by atoms with Gasteiger partial charge in [-0.25, -0.2) is 13.4 Å². The van der Waals surface area contributed by atoms with Crippen LogP contribution in [0.2, 0.25) is 0 Å². The quantitative estimate of drug-likeness (QED) is 0.712. The highest BCUT2D eigenvalue weighted by Gasteiger charge is 2.12.